The van der Waals surface area contributed by atoms with Crippen molar-refractivity contribution >= 4 is 34.3 Å². The van der Waals surface area contributed by atoms with Gasteiger partial charge in [0.15, 0.2) is 0 Å². The van der Waals surface area contributed by atoms with Gasteiger partial charge in [-0.2, -0.15) is 0 Å². The van der Waals surface area contributed by atoms with Crippen molar-refractivity contribution in [1.82, 2.24) is 0 Å². The topological polar surface area (TPSA) is 20.2 Å². The summed E-state index contributed by atoms with van der Waals surface area (Å²) >= 11 is 9.02. The summed E-state index contributed by atoms with van der Waals surface area (Å²) in [7, 11) is 0. The van der Waals surface area contributed by atoms with Crippen LogP contribution in [0.25, 0.3) is 0 Å². The SMILES string of the molecule is Cc1ccsc1C(C)(O)Cc1ccc(Cl)s1. The van der Waals surface area contributed by atoms with E-state index in [2.05, 4.69) is 0 Å². The molecule has 86 valence electrons. The molecule has 1 N–H and O–H groups in total. The van der Waals surface area contributed by atoms with Crippen LogP contribution in [0.5, 0.6) is 0 Å². The van der Waals surface area contributed by atoms with Gasteiger partial charge < -0.3 is 5.11 Å². The molecule has 0 aromatic carbocycles. The molecule has 0 bridgehead atoms. The average molecular weight is 273 g/mol. The molecule has 4 heteroatoms. The fourth-order valence-electron chi connectivity index (χ4n) is 1.79. The third kappa shape index (κ3) is 2.48. The van der Waals surface area contributed by atoms with Crippen molar-refractivity contribution in [3.05, 3.63) is 43.2 Å². The van der Waals surface area contributed by atoms with Gasteiger partial charge in [0.25, 0.3) is 0 Å². The largest absolute Gasteiger partial charge is 0.384 e. The third-order valence-corrected chi connectivity index (χ3v) is 5.00. The highest BCUT2D eigenvalue weighted by molar-refractivity contribution is 7.16. The zero-order valence-electron chi connectivity index (χ0n) is 9.16. The van der Waals surface area contributed by atoms with Gasteiger partial charge in [-0.3, -0.25) is 0 Å². The summed E-state index contributed by atoms with van der Waals surface area (Å²) in [6.45, 7) is 3.89. The van der Waals surface area contributed by atoms with Crippen molar-refractivity contribution in [3.8, 4) is 0 Å². The molecule has 2 heterocycles. The molecule has 1 atom stereocenters. The molecule has 2 aromatic rings. The van der Waals surface area contributed by atoms with Crippen molar-refractivity contribution in [2.45, 2.75) is 25.9 Å². The number of hydrogen-bond acceptors (Lipinski definition) is 3. The minimum absolute atomic E-state index is 0.617. The van der Waals surface area contributed by atoms with E-state index in [1.807, 2.05) is 37.4 Å². The quantitative estimate of drug-likeness (QED) is 0.887. The lowest BCUT2D eigenvalue weighted by Crippen LogP contribution is -2.23. The Hall–Kier alpha value is -0.350. The van der Waals surface area contributed by atoms with E-state index in [1.54, 1.807) is 11.3 Å². The van der Waals surface area contributed by atoms with Crippen LogP contribution in [0, 0.1) is 6.92 Å². The summed E-state index contributed by atoms with van der Waals surface area (Å²) in [4.78, 5) is 2.15. The van der Waals surface area contributed by atoms with Gasteiger partial charge in [0.1, 0.15) is 5.60 Å². The van der Waals surface area contributed by atoms with E-state index < -0.39 is 5.60 Å². The first-order chi connectivity index (χ1) is 7.49. The van der Waals surface area contributed by atoms with Gasteiger partial charge in [-0.15, -0.1) is 22.7 Å². The van der Waals surface area contributed by atoms with E-state index in [9.17, 15) is 5.11 Å². The maximum absolute atomic E-state index is 10.5. The summed E-state index contributed by atoms with van der Waals surface area (Å²) in [5, 5.41) is 12.5. The Morgan fingerprint density at radius 2 is 2.12 bits per heavy atom. The lowest BCUT2D eigenvalue weighted by atomic mass is 9.97. The van der Waals surface area contributed by atoms with Crippen LogP contribution in [0.2, 0.25) is 4.34 Å². The first-order valence-electron chi connectivity index (χ1n) is 5.00. The smallest absolute Gasteiger partial charge is 0.101 e. The zero-order valence-corrected chi connectivity index (χ0v) is 11.5. The van der Waals surface area contributed by atoms with Crippen LogP contribution < -0.4 is 0 Å². The summed E-state index contributed by atoms with van der Waals surface area (Å²) in [5.74, 6) is 0. The van der Waals surface area contributed by atoms with Crippen molar-refractivity contribution in [2.75, 3.05) is 0 Å². The molecule has 0 amide bonds. The lowest BCUT2D eigenvalue weighted by Gasteiger charge is -2.22. The van der Waals surface area contributed by atoms with Gasteiger partial charge >= 0.3 is 0 Å². The standard InChI is InChI=1S/C12H13ClOS2/c1-8-5-6-15-11(8)12(2,14)7-9-3-4-10(13)16-9/h3-6,14H,7H2,1-2H3. The van der Waals surface area contributed by atoms with E-state index in [1.165, 1.54) is 11.3 Å². The van der Waals surface area contributed by atoms with Crippen LogP contribution in [-0.4, -0.2) is 5.11 Å². The molecule has 16 heavy (non-hydrogen) atoms. The van der Waals surface area contributed by atoms with Crippen LogP contribution in [0.1, 0.15) is 22.2 Å². The summed E-state index contributed by atoms with van der Waals surface area (Å²) in [6.07, 6.45) is 0.617. The highest BCUT2D eigenvalue weighted by Gasteiger charge is 2.27. The first-order valence-corrected chi connectivity index (χ1v) is 7.07. The van der Waals surface area contributed by atoms with E-state index in [-0.39, 0.29) is 0 Å². The fourth-order valence-corrected chi connectivity index (χ4v) is 4.02. The zero-order chi connectivity index (χ0) is 11.8. The Morgan fingerprint density at radius 1 is 1.38 bits per heavy atom. The Bertz CT molecular complexity index is 485. The maximum atomic E-state index is 10.5. The molecular formula is C12H13ClOS2. The fraction of sp³-hybridized carbons (Fsp3) is 0.333. The molecular weight excluding hydrogens is 260 g/mol. The van der Waals surface area contributed by atoms with Crippen LogP contribution >= 0.6 is 34.3 Å². The molecule has 0 spiro atoms. The highest BCUT2D eigenvalue weighted by atomic mass is 35.5. The lowest BCUT2D eigenvalue weighted by molar-refractivity contribution is 0.0618. The molecule has 1 unspecified atom stereocenters. The van der Waals surface area contributed by atoms with E-state index in [0.717, 1.165) is 19.7 Å². The van der Waals surface area contributed by atoms with E-state index in [0.29, 0.717) is 6.42 Å². The molecule has 0 saturated heterocycles. The predicted octanol–water partition coefficient (Wildman–Crippen LogP) is 4.22. The second-order valence-corrected chi connectivity index (χ2v) is 6.80. The Morgan fingerprint density at radius 3 is 2.62 bits per heavy atom. The number of aryl methyl sites for hydroxylation is 1. The third-order valence-electron chi connectivity index (χ3n) is 2.50. The minimum Gasteiger partial charge on any atom is -0.384 e. The highest BCUT2D eigenvalue weighted by Crippen LogP contribution is 2.34. The van der Waals surface area contributed by atoms with Crippen LogP contribution in [0.3, 0.4) is 0 Å². The van der Waals surface area contributed by atoms with Crippen molar-refractivity contribution < 1.29 is 5.11 Å². The number of hydrogen-bond donors (Lipinski definition) is 1. The van der Waals surface area contributed by atoms with Gasteiger partial charge in [-0.25, -0.2) is 0 Å². The Kier molecular flexibility index (Phi) is 3.40. The molecule has 0 aliphatic rings. The van der Waals surface area contributed by atoms with Gasteiger partial charge in [0.05, 0.1) is 4.34 Å². The van der Waals surface area contributed by atoms with Gasteiger partial charge in [-0.05, 0) is 43.0 Å². The molecule has 0 aliphatic carbocycles. The minimum atomic E-state index is -0.799. The van der Waals surface area contributed by atoms with Crippen molar-refractivity contribution in [1.29, 1.82) is 0 Å². The monoisotopic (exact) mass is 272 g/mol. The van der Waals surface area contributed by atoms with Gasteiger partial charge in [0, 0.05) is 16.2 Å². The number of aliphatic hydroxyl groups is 1. The normalized spacial score (nSPS) is 15.0. The number of thiophene rings is 2. The Labute approximate surface area is 108 Å². The van der Waals surface area contributed by atoms with E-state index >= 15 is 0 Å². The second kappa shape index (κ2) is 4.49. The summed E-state index contributed by atoms with van der Waals surface area (Å²) < 4.78 is 0.772. The second-order valence-electron chi connectivity index (χ2n) is 4.09. The van der Waals surface area contributed by atoms with Gasteiger partial charge in [0.2, 0.25) is 0 Å². The summed E-state index contributed by atoms with van der Waals surface area (Å²) in [5.41, 5.74) is 0.351. The molecule has 1 nitrogen and oxygen atoms in total. The molecule has 2 rings (SSSR count). The Balaban J connectivity index is 2.23. The molecule has 0 aliphatic heterocycles. The molecule has 0 radical (unpaired) electrons. The first kappa shape index (κ1) is 12.1. The summed E-state index contributed by atoms with van der Waals surface area (Å²) in [6, 6.07) is 5.89. The average Bonchev–Trinajstić information content (AvgIpc) is 2.74. The van der Waals surface area contributed by atoms with Gasteiger partial charge in [-0.1, -0.05) is 11.6 Å². The van der Waals surface area contributed by atoms with Crippen LogP contribution in [0.4, 0.5) is 0 Å². The van der Waals surface area contributed by atoms with E-state index in [4.69, 9.17) is 11.6 Å². The molecule has 0 saturated carbocycles. The maximum Gasteiger partial charge on any atom is 0.101 e. The van der Waals surface area contributed by atoms with Crippen LogP contribution in [0.15, 0.2) is 23.6 Å². The van der Waals surface area contributed by atoms with Crippen molar-refractivity contribution in [3.63, 3.8) is 0 Å². The number of rotatable bonds is 3. The van der Waals surface area contributed by atoms with Crippen LogP contribution in [-0.2, 0) is 12.0 Å². The van der Waals surface area contributed by atoms with Crippen molar-refractivity contribution in [2.24, 2.45) is 0 Å². The number of halogens is 1. The molecule has 0 fully saturated rings. The molecule has 2 aromatic heterocycles. The predicted molar refractivity (Wildman–Crippen MR) is 71.7 cm³/mol.